The van der Waals surface area contributed by atoms with Gasteiger partial charge in [-0.1, -0.05) is 19.8 Å². The van der Waals surface area contributed by atoms with Gasteiger partial charge < -0.3 is 25.1 Å². The summed E-state index contributed by atoms with van der Waals surface area (Å²) in [4.78, 5) is 23.3. The van der Waals surface area contributed by atoms with Gasteiger partial charge in [0.2, 0.25) is 0 Å². The average Bonchev–Trinajstić information content (AvgIpc) is 2.89. The number of aliphatic hydroxyl groups excluding tert-OH is 1. The van der Waals surface area contributed by atoms with E-state index in [-0.39, 0.29) is 26.1 Å². The van der Waals surface area contributed by atoms with Gasteiger partial charge in [-0.05, 0) is 26.7 Å². The molecule has 0 bridgehead atoms. The maximum absolute atomic E-state index is 12.5. The first-order valence-electron chi connectivity index (χ1n) is 9.02. The standard InChI is InChI=1S/C17H31N3O6/c1-4-6-7-8-24-11-13-10-17(15(22)26-13,14(21)25-5-2)9-12(3)19-20-16(18)23/h13,15,22H,4-11H2,1-3H3,(H3,18,20,23)/b19-12-/t13-,15-,17+/m1/s1. The van der Waals surface area contributed by atoms with E-state index in [1.54, 1.807) is 13.8 Å². The third kappa shape index (κ3) is 6.54. The number of rotatable bonds is 11. The summed E-state index contributed by atoms with van der Waals surface area (Å²) in [6, 6.07) is -0.809. The molecule has 2 amide bonds. The highest BCUT2D eigenvalue weighted by molar-refractivity contribution is 5.90. The number of nitrogens with one attached hydrogen (secondary N) is 1. The molecule has 0 aliphatic carbocycles. The van der Waals surface area contributed by atoms with E-state index >= 15 is 0 Å². The highest BCUT2D eigenvalue weighted by Crippen LogP contribution is 2.42. The quantitative estimate of drug-likeness (QED) is 0.216. The van der Waals surface area contributed by atoms with Gasteiger partial charge >= 0.3 is 12.0 Å². The second-order valence-electron chi connectivity index (χ2n) is 6.47. The van der Waals surface area contributed by atoms with Gasteiger partial charge in [-0.3, -0.25) is 4.79 Å². The van der Waals surface area contributed by atoms with Gasteiger partial charge in [0.25, 0.3) is 0 Å². The van der Waals surface area contributed by atoms with E-state index in [9.17, 15) is 14.7 Å². The molecule has 3 atom stereocenters. The Labute approximate surface area is 154 Å². The fourth-order valence-electron chi connectivity index (χ4n) is 2.97. The first-order valence-corrected chi connectivity index (χ1v) is 9.02. The number of nitrogens with zero attached hydrogens (tertiary/aromatic N) is 1. The van der Waals surface area contributed by atoms with Crippen LogP contribution in [0.15, 0.2) is 5.10 Å². The summed E-state index contributed by atoms with van der Waals surface area (Å²) in [5.74, 6) is -0.561. The predicted octanol–water partition coefficient (Wildman–Crippen LogP) is 1.28. The van der Waals surface area contributed by atoms with Crippen molar-refractivity contribution in [3.63, 3.8) is 0 Å². The van der Waals surface area contributed by atoms with Crippen LogP contribution < -0.4 is 11.2 Å². The second kappa shape index (κ2) is 11.1. The molecule has 0 aromatic rings. The number of aliphatic hydroxyl groups is 1. The van der Waals surface area contributed by atoms with E-state index in [0.29, 0.717) is 12.3 Å². The first-order chi connectivity index (χ1) is 12.4. The number of primary amides is 1. The van der Waals surface area contributed by atoms with E-state index in [1.165, 1.54) is 0 Å². The number of carbonyl (C=O) groups is 2. The van der Waals surface area contributed by atoms with Crippen LogP contribution >= 0.6 is 0 Å². The van der Waals surface area contributed by atoms with Crippen LogP contribution in [-0.4, -0.2) is 55.0 Å². The van der Waals surface area contributed by atoms with Crippen molar-refractivity contribution in [1.82, 2.24) is 5.43 Å². The molecule has 0 radical (unpaired) electrons. The zero-order valence-electron chi connectivity index (χ0n) is 15.8. The highest BCUT2D eigenvalue weighted by atomic mass is 16.6. The minimum atomic E-state index is -1.34. The first kappa shape index (κ1) is 22.3. The molecule has 150 valence electrons. The summed E-state index contributed by atoms with van der Waals surface area (Å²) in [5.41, 5.74) is 6.23. The number of ether oxygens (including phenoxy) is 3. The smallest absolute Gasteiger partial charge is 0.332 e. The maximum atomic E-state index is 12.5. The molecule has 1 heterocycles. The number of urea groups is 1. The molecule has 0 aromatic carbocycles. The van der Waals surface area contributed by atoms with Crippen LogP contribution in [0.2, 0.25) is 0 Å². The number of hydrogen-bond donors (Lipinski definition) is 3. The number of unbranched alkanes of at least 4 members (excludes halogenated alkanes) is 2. The molecule has 26 heavy (non-hydrogen) atoms. The SMILES string of the molecule is CCCCCOC[C@H]1C[C@@](C/C(C)=N\NC(N)=O)(C(=O)OCC)[C@H](O)O1. The van der Waals surface area contributed by atoms with Crippen LogP contribution in [0.1, 0.15) is 52.9 Å². The summed E-state index contributed by atoms with van der Waals surface area (Å²) >= 11 is 0. The number of hydrazone groups is 1. The molecule has 0 unspecified atom stereocenters. The van der Waals surface area contributed by atoms with Crippen molar-refractivity contribution >= 4 is 17.7 Å². The van der Waals surface area contributed by atoms with E-state index in [2.05, 4.69) is 17.5 Å². The molecule has 1 aliphatic heterocycles. The number of nitrogens with two attached hydrogens (primary N) is 1. The Balaban J connectivity index is 2.77. The Morgan fingerprint density at radius 2 is 2.12 bits per heavy atom. The molecule has 1 rings (SSSR count). The zero-order valence-corrected chi connectivity index (χ0v) is 15.8. The molecular weight excluding hydrogens is 342 g/mol. The summed E-state index contributed by atoms with van der Waals surface area (Å²) < 4.78 is 16.3. The van der Waals surface area contributed by atoms with Gasteiger partial charge in [0.05, 0.1) is 19.3 Å². The average molecular weight is 373 g/mol. The largest absolute Gasteiger partial charge is 0.465 e. The zero-order chi connectivity index (χ0) is 19.6. The molecule has 4 N–H and O–H groups in total. The summed E-state index contributed by atoms with van der Waals surface area (Å²) in [5, 5.41) is 14.2. The predicted molar refractivity (Wildman–Crippen MR) is 95.4 cm³/mol. The molecular formula is C17H31N3O6. The van der Waals surface area contributed by atoms with Gasteiger partial charge in [0.15, 0.2) is 6.29 Å². The van der Waals surface area contributed by atoms with Crippen LogP contribution in [0.4, 0.5) is 4.79 Å². The van der Waals surface area contributed by atoms with Gasteiger partial charge in [0.1, 0.15) is 5.41 Å². The lowest BCUT2D eigenvalue weighted by molar-refractivity contribution is -0.180. The molecule has 1 aliphatic rings. The van der Waals surface area contributed by atoms with E-state index in [1.807, 2.05) is 0 Å². The molecule has 9 nitrogen and oxygen atoms in total. The fourth-order valence-corrected chi connectivity index (χ4v) is 2.97. The molecule has 0 aromatic heterocycles. The third-order valence-electron chi connectivity index (χ3n) is 4.19. The summed E-state index contributed by atoms with van der Waals surface area (Å²) in [6.07, 6.45) is 1.69. The lowest BCUT2D eigenvalue weighted by Gasteiger charge is -2.28. The number of hydrogen-bond acceptors (Lipinski definition) is 7. The van der Waals surface area contributed by atoms with Crippen molar-refractivity contribution in [2.75, 3.05) is 19.8 Å². The van der Waals surface area contributed by atoms with Crippen molar-refractivity contribution in [3.05, 3.63) is 0 Å². The molecule has 1 saturated heterocycles. The fraction of sp³-hybridized carbons (Fsp3) is 0.824. The van der Waals surface area contributed by atoms with Gasteiger partial charge in [-0.15, -0.1) is 0 Å². The van der Waals surface area contributed by atoms with Crippen LogP contribution in [0.3, 0.4) is 0 Å². The van der Waals surface area contributed by atoms with Crippen LogP contribution in [-0.2, 0) is 19.0 Å². The van der Waals surface area contributed by atoms with Crippen molar-refractivity contribution in [2.45, 2.75) is 65.3 Å². The molecule has 0 spiro atoms. The lowest BCUT2D eigenvalue weighted by atomic mass is 9.79. The van der Waals surface area contributed by atoms with Gasteiger partial charge in [-0.2, -0.15) is 5.10 Å². The Hall–Kier alpha value is -1.71. The highest BCUT2D eigenvalue weighted by Gasteiger charge is 2.55. The van der Waals surface area contributed by atoms with Gasteiger partial charge in [-0.25, -0.2) is 10.2 Å². The van der Waals surface area contributed by atoms with Crippen LogP contribution in [0, 0.1) is 5.41 Å². The van der Waals surface area contributed by atoms with E-state index in [0.717, 1.165) is 19.3 Å². The Bertz CT molecular complexity index is 499. The van der Waals surface area contributed by atoms with E-state index in [4.69, 9.17) is 19.9 Å². The van der Waals surface area contributed by atoms with Crippen molar-refractivity contribution in [2.24, 2.45) is 16.3 Å². The minimum Gasteiger partial charge on any atom is -0.465 e. The Morgan fingerprint density at radius 1 is 1.38 bits per heavy atom. The topological polar surface area (TPSA) is 132 Å². The Morgan fingerprint density at radius 3 is 2.73 bits per heavy atom. The molecule has 1 fully saturated rings. The number of esters is 1. The van der Waals surface area contributed by atoms with Crippen LogP contribution in [0.25, 0.3) is 0 Å². The van der Waals surface area contributed by atoms with Crippen LogP contribution in [0.5, 0.6) is 0 Å². The molecule has 0 saturated carbocycles. The van der Waals surface area contributed by atoms with E-state index < -0.39 is 29.8 Å². The summed E-state index contributed by atoms with van der Waals surface area (Å²) in [6.45, 7) is 6.51. The minimum absolute atomic E-state index is 0.0691. The number of amides is 2. The normalized spacial score (nSPS) is 25.9. The number of carbonyl (C=O) groups excluding carboxylic acids is 2. The molecule has 9 heteroatoms. The van der Waals surface area contributed by atoms with Gasteiger partial charge in [0, 0.05) is 18.7 Å². The summed E-state index contributed by atoms with van der Waals surface area (Å²) in [7, 11) is 0. The monoisotopic (exact) mass is 373 g/mol. The third-order valence-corrected chi connectivity index (χ3v) is 4.19. The second-order valence-corrected chi connectivity index (χ2v) is 6.47. The maximum Gasteiger partial charge on any atom is 0.332 e. The Kier molecular flexibility index (Phi) is 9.53. The van der Waals surface area contributed by atoms with Crippen molar-refractivity contribution in [1.29, 1.82) is 0 Å². The van der Waals surface area contributed by atoms with Crippen molar-refractivity contribution in [3.8, 4) is 0 Å². The lowest BCUT2D eigenvalue weighted by Crippen LogP contribution is -2.42. The van der Waals surface area contributed by atoms with Crippen molar-refractivity contribution < 1.29 is 28.9 Å².